The number of esters is 1. The first-order valence-corrected chi connectivity index (χ1v) is 6.92. The van der Waals surface area contributed by atoms with Gasteiger partial charge < -0.3 is 4.74 Å². The second kappa shape index (κ2) is 6.82. The highest BCUT2D eigenvalue weighted by atomic mass is 16.6. The van der Waals surface area contributed by atoms with Crippen molar-refractivity contribution in [3.8, 4) is 5.69 Å². The molecule has 2 aromatic rings. The lowest BCUT2D eigenvalue weighted by atomic mass is 10.1. The SMILES string of the molecule is CCOC(=O)Cc1c(C)cnn(-c2ccc([N+](=O)[O-])cc2)c1=O. The second-order valence-corrected chi connectivity index (χ2v) is 4.78. The van der Waals surface area contributed by atoms with E-state index in [1.807, 2.05) is 0 Å². The molecule has 0 bridgehead atoms. The number of aromatic nitrogens is 2. The van der Waals surface area contributed by atoms with E-state index >= 15 is 0 Å². The molecular weight excluding hydrogens is 302 g/mol. The van der Waals surface area contributed by atoms with Gasteiger partial charge in [0, 0.05) is 17.7 Å². The summed E-state index contributed by atoms with van der Waals surface area (Å²) >= 11 is 0. The van der Waals surface area contributed by atoms with Gasteiger partial charge in [0.15, 0.2) is 0 Å². The fourth-order valence-corrected chi connectivity index (χ4v) is 2.04. The monoisotopic (exact) mass is 317 g/mol. The number of non-ortho nitro benzene ring substituents is 1. The topological polar surface area (TPSA) is 104 Å². The lowest BCUT2D eigenvalue weighted by Gasteiger charge is -2.09. The summed E-state index contributed by atoms with van der Waals surface area (Å²) in [6.07, 6.45) is 1.32. The summed E-state index contributed by atoms with van der Waals surface area (Å²) in [6.45, 7) is 3.61. The zero-order valence-electron chi connectivity index (χ0n) is 12.7. The van der Waals surface area contributed by atoms with E-state index in [0.717, 1.165) is 4.68 Å². The largest absolute Gasteiger partial charge is 0.466 e. The Labute approximate surface area is 131 Å². The molecule has 0 aliphatic carbocycles. The molecule has 0 atom stereocenters. The molecule has 1 heterocycles. The van der Waals surface area contributed by atoms with E-state index in [2.05, 4.69) is 5.10 Å². The molecule has 0 saturated carbocycles. The van der Waals surface area contributed by atoms with Crippen molar-refractivity contribution in [3.63, 3.8) is 0 Å². The quantitative estimate of drug-likeness (QED) is 0.471. The minimum Gasteiger partial charge on any atom is -0.466 e. The van der Waals surface area contributed by atoms with Crippen molar-refractivity contribution in [1.29, 1.82) is 0 Å². The summed E-state index contributed by atoms with van der Waals surface area (Å²) in [4.78, 5) is 34.3. The maximum absolute atomic E-state index is 12.5. The van der Waals surface area contributed by atoms with E-state index in [-0.39, 0.29) is 24.3 Å². The number of nitro groups is 1. The molecule has 2 rings (SSSR count). The zero-order chi connectivity index (χ0) is 17.0. The molecule has 120 valence electrons. The zero-order valence-corrected chi connectivity index (χ0v) is 12.7. The molecule has 0 aliphatic heterocycles. The molecule has 0 aliphatic rings. The average molecular weight is 317 g/mol. The third-order valence-corrected chi connectivity index (χ3v) is 3.22. The minimum atomic E-state index is -0.526. The maximum Gasteiger partial charge on any atom is 0.310 e. The molecule has 1 aromatic carbocycles. The van der Waals surface area contributed by atoms with Crippen molar-refractivity contribution in [1.82, 2.24) is 9.78 Å². The first-order chi connectivity index (χ1) is 10.9. The Bertz CT molecular complexity index is 796. The Kier molecular flexibility index (Phi) is 4.85. The summed E-state index contributed by atoms with van der Waals surface area (Å²) in [6, 6.07) is 5.43. The Balaban J connectivity index is 2.42. The van der Waals surface area contributed by atoms with Gasteiger partial charge in [0.25, 0.3) is 11.2 Å². The predicted octanol–water partition coefficient (Wildman–Crippen LogP) is 1.55. The number of hydrogen-bond acceptors (Lipinski definition) is 6. The van der Waals surface area contributed by atoms with Crippen LogP contribution >= 0.6 is 0 Å². The summed E-state index contributed by atoms with van der Waals surface area (Å²) in [5.41, 5.74) is 0.719. The highest BCUT2D eigenvalue weighted by molar-refractivity contribution is 5.72. The van der Waals surface area contributed by atoms with Crippen LogP contribution in [0.5, 0.6) is 0 Å². The van der Waals surface area contributed by atoms with Gasteiger partial charge in [-0.15, -0.1) is 0 Å². The third kappa shape index (κ3) is 3.60. The van der Waals surface area contributed by atoms with Crippen LogP contribution in [0.1, 0.15) is 18.1 Å². The lowest BCUT2D eigenvalue weighted by Crippen LogP contribution is -2.27. The molecule has 0 spiro atoms. The van der Waals surface area contributed by atoms with Gasteiger partial charge in [0.05, 0.1) is 29.8 Å². The van der Waals surface area contributed by atoms with Crippen LogP contribution in [0.15, 0.2) is 35.3 Å². The van der Waals surface area contributed by atoms with Gasteiger partial charge >= 0.3 is 5.97 Å². The van der Waals surface area contributed by atoms with E-state index in [1.165, 1.54) is 30.5 Å². The number of nitro benzene ring substituents is 1. The van der Waals surface area contributed by atoms with Crippen molar-refractivity contribution in [3.05, 3.63) is 62.1 Å². The van der Waals surface area contributed by atoms with Crippen molar-refractivity contribution in [2.75, 3.05) is 6.61 Å². The molecule has 1 aromatic heterocycles. The van der Waals surface area contributed by atoms with Gasteiger partial charge in [0.2, 0.25) is 0 Å². The van der Waals surface area contributed by atoms with E-state index in [4.69, 9.17) is 4.74 Å². The molecule has 0 radical (unpaired) electrons. The average Bonchev–Trinajstić information content (AvgIpc) is 2.52. The van der Waals surface area contributed by atoms with Gasteiger partial charge in [-0.05, 0) is 31.5 Å². The van der Waals surface area contributed by atoms with Crippen molar-refractivity contribution < 1.29 is 14.5 Å². The summed E-state index contributed by atoms with van der Waals surface area (Å²) < 4.78 is 5.96. The molecule has 8 nitrogen and oxygen atoms in total. The summed E-state index contributed by atoms with van der Waals surface area (Å²) in [5, 5.41) is 14.7. The van der Waals surface area contributed by atoms with Gasteiger partial charge in [0.1, 0.15) is 0 Å². The van der Waals surface area contributed by atoms with Crippen molar-refractivity contribution in [2.45, 2.75) is 20.3 Å². The fraction of sp³-hybridized carbons (Fsp3) is 0.267. The Hall–Kier alpha value is -3.03. The molecular formula is C15H15N3O5. The van der Waals surface area contributed by atoms with Crippen LogP contribution in [0.2, 0.25) is 0 Å². The molecule has 23 heavy (non-hydrogen) atoms. The molecule has 0 unspecified atom stereocenters. The fourth-order valence-electron chi connectivity index (χ4n) is 2.04. The smallest absolute Gasteiger partial charge is 0.310 e. The maximum atomic E-state index is 12.5. The third-order valence-electron chi connectivity index (χ3n) is 3.22. The van der Waals surface area contributed by atoms with E-state index in [0.29, 0.717) is 11.3 Å². The first kappa shape index (κ1) is 16.3. The number of nitrogens with zero attached hydrogens (tertiary/aromatic N) is 3. The summed E-state index contributed by atoms with van der Waals surface area (Å²) in [7, 11) is 0. The standard InChI is InChI=1S/C15H15N3O5/c1-3-23-14(19)8-13-10(2)9-16-17(15(13)20)11-4-6-12(7-5-11)18(21)22/h4-7,9H,3,8H2,1-2H3. The van der Waals surface area contributed by atoms with Crippen molar-refractivity contribution in [2.24, 2.45) is 0 Å². The Morgan fingerprint density at radius 2 is 2.00 bits per heavy atom. The van der Waals surface area contributed by atoms with E-state index < -0.39 is 16.5 Å². The van der Waals surface area contributed by atoms with Crippen LogP contribution in [-0.2, 0) is 16.0 Å². The molecule has 0 amide bonds. The number of aryl methyl sites for hydroxylation is 1. The Morgan fingerprint density at radius 3 is 2.57 bits per heavy atom. The number of carbonyl (C=O) groups is 1. The number of rotatable bonds is 5. The van der Waals surface area contributed by atoms with Crippen LogP contribution in [0.25, 0.3) is 5.69 Å². The minimum absolute atomic E-state index is 0.0827. The van der Waals surface area contributed by atoms with Gasteiger partial charge in [-0.25, -0.2) is 0 Å². The van der Waals surface area contributed by atoms with Crippen LogP contribution < -0.4 is 5.56 Å². The number of carbonyl (C=O) groups excluding carboxylic acids is 1. The highest BCUT2D eigenvalue weighted by Gasteiger charge is 2.15. The predicted molar refractivity (Wildman–Crippen MR) is 81.6 cm³/mol. The number of hydrogen-bond donors (Lipinski definition) is 0. The molecule has 8 heteroatoms. The highest BCUT2D eigenvalue weighted by Crippen LogP contribution is 2.14. The van der Waals surface area contributed by atoms with Gasteiger partial charge in [-0.3, -0.25) is 19.7 Å². The van der Waals surface area contributed by atoms with Gasteiger partial charge in [-0.2, -0.15) is 9.78 Å². The molecule has 0 N–H and O–H groups in total. The van der Waals surface area contributed by atoms with Crippen LogP contribution in [0.3, 0.4) is 0 Å². The molecule has 0 fully saturated rings. The van der Waals surface area contributed by atoms with E-state index in [1.54, 1.807) is 13.8 Å². The number of benzene rings is 1. The Morgan fingerprint density at radius 1 is 1.35 bits per heavy atom. The first-order valence-electron chi connectivity index (χ1n) is 6.92. The molecule has 0 saturated heterocycles. The van der Waals surface area contributed by atoms with E-state index in [9.17, 15) is 19.7 Å². The van der Waals surface area contributed by atoms with Crippen LogP contribution in [0.4, 0.5) is 5.69 Å². The van der Waals surface area contributed by atoms with Crippen LogP contribution in [-0.4, -0.2) is 27.3 Å². The lowest BCUT2D eigenvalue weighted by molar-refractivity contribution is -0.384. The summed E-state index contributed by atoms with van der Waals surface area (Å²) in [5.74, 6) is -0.492. The van der Waals surface area contributed by atoms with Gasteiger partial charge in [-0.1, -0.05) is 0 Å². The van der Waals surface area contributed by atoms with Crippen molar-refractivity contribution >= 4 is 11.7 Å². The van der Waals surface area contributed by atoms with Crippen LogP contribution in [0, 0.1) is 17.0 Å². The second-order valence-electron chi connectivity index (χ2n) is 4.78. The normalized spacial score (nSPS) is 10.3. The number of ether oxygens (including phenoxy) is 1.